The van der Waals surface area contributed by atoms with E-state index in [2.05, 4.69) is 0 Å². The molecule has 1 fully saturated rings. The van der Waals surface area contributed by atoms with E-state index in [0.717, 1.165) is 0 Å². The normalized spacial score (nSPS) is 22.6. The molecule has 1 saturated heterocycles. The number of carboxylic acids is 1. The third-order valence-electron chi connectivity index (χ3n) is 1.80. The maximum Gasteiger partial charge on any atom is 0.326 e. The lowest BCUT2D eigenvalue weighted by molar-refractivity contribution is -0.156. The van der Waals surface area contributed by atoms with E-state index in [1.807, 2.05) is 0 Å². The Balaban J connectivity index is 2.49. The molecule has 5 nitrogen and oxygen atoms in total. The topological polar surface area (TPSA) is 83.6 Å². The molecule has 0 aromatic heterocycles. The molecule has 0 aromatic carbocycles. The number of aliphatic carboxylic acids is 1. The highest BCUT2D eigenvalue weighted by atomic mass is 16.4. The molecule has 0 spiro atoms. The molecule has 1 aliphatic heterocycles. The van der Waals surface area contributed by atoms with Crippen LogP contribution in [0, 0.1) is 0 Å². The van der Waals surface area contributed by atoms with Crippen LogP contribution in [0.4, 0.5) is 0 Å². The van der Waals surface area contributed by atoms with E-state index in [9.17, 15) is 9.59 Å². The van der Waals surface area contributed by atoms with E-state index in [-0.39, 0.29) is 12.5 Å². The first-order chi connectivity index (χ1) is 5.16. The lowest BCUT2D eigenvalue weighted by Crippen LogP contribution is -2.56. The fraction of sp³-hybridized carbons (Fsp3) is 0.667. The predicted molar refractivity (Wildman–Crippen MR) is 36.8 cm³/mol. The van der Waals surface area contributed by atoms with Crippen molar-refractivity contribution in [1.29, 1.82) is 0 Å². The standard InChI is InChI=1S/C6H10N2O3/c7-3-5(9)8-2-1-4(8)6(10)11/h4H,1-3,7H2,(H,10,11). The monoisotopic (exact) mass is 158 g/mol. The number of hydrogen-bond acceptors (Lipinski definition) is 3. The lowest BCUT2D eigenvalue weighted by atomic mass is 10.0. The number of carboxylic acid groups (broad SMARTS) is 1. The maximum absolute atomic E-state index is 10.8. The summed E-state index contributed by atoms with van der Waals surface area (Å²) in [5.41, 5.74) is 5.06. The summed E-state index contributed by atoms with van der Waals surface area (Å²) in [4.78, 5) is 22.5. The molecule has 1 unspecified atom stereocenters. The van der Waals surface area contributed by atoms with Crippen LogP contribution in [0.25, 0.3) is 0 Å². The third kappa shape index (κ3) is 1.32. The van der Waals surface area contributed by atoms with E-state index in [4.69, 9.17) is 10.8 Å². The average Bonchev–Trinajstić information content (AvgIpc) is 1.83. The molecular weight excluding hydrogens is 148 g/mol. The van der Waals surface area contributed by atoms with Gasteiger partial charge in [-0.2, -0.15) is 0 Å². The van der Waals surface area contributed by atoms with Crippen molar-refractivity contribution in [3.63, 3.8) is 0 Å². The quantitative estimate of drug-likeness (QED) is 0.519. The summed E-state index contributed by atoms with van der Waals surface area (Å²) < 4.78 is 0. The van der Waals surface area contributed by atoms with Gasteiger partial charge in [-0.05, 0) is 6.42 Å². The second-order valence-corrected chi connectivity index (χ2v) is 2.43. The number of amides is 1. The van der Waals surface area contributed by atoms with Gasteiger partial charge in [0.25, 0.3) is 0 Å². The van der Waals surface area contributed by atoms with Gasteiger partial charge in [0, 0.05) is 6.54 Å². The van der Waals surface area contributed by atoms with Crippen LogP contribution in [-0.2, 0) is 9.59 Å². The highest BCUT2D eigenvalue weighted by Crippen LogP contribution is 2.16. The van der Waals surface area contributed by atoms with Crippen molar-refractivity contribution in [3.05, 3.63) is 0 Å². The van der Waals surface area contributed by atoms with Gasteiger partial charge in [-0.3, -0.25) is 4.79 Å². The average molecular weight is 158 g/mol. The first-order valence-corrected chi connectivity index (χ1v) is 3.39. The van der Waals surface area contributed by atoms with Crippen molar-refractivity contribution < 1.29 is 14.7 Å². The Labute approximate surface area is 63.8 Å². The molecule has 1 heterocycles. The van der Waals surface area contributed by atoms with Crippen LogP contribution < -0.4 is 5.73 Å². The Hall–Kier alpha value is -1.10. The smallest absolute Gasteiger partial charge is 0.326 e. The molecule has 0 radical (unpaired) electrons. The molecule has 0 aromatic rings. The molecule has 1 amide bonds. The molecular formula is C6H10N2O3. The molecule has 1 atom stereocenters. The minimum absolute atomic E-state index is 0.107. The Kier molecular flexibility index (Phi) is 2.09. The fourth-order valence-corrected chi connectivity index (χ4v) is 1.06. The van der Waals surface area contributed by atoms with Gasteiger partial charge >= 0.3 is 5.97 Å². The van der Waals surface area contributed by atoms with Gasteiger partial charge in [-0.15, -0.1) is 0 Å². The highest BCUT2D eigenvalue weighted by molar-refractivity contribution is 5.86. The van der Waals surface area contributed by atoms with Crippen molar-refractivity contribution in [2.45, 2.75) is 12.5 Å². The van der Waals surface area contributed by atoms with Crippen molar-refractivity contribution in [1.82, 2.24) is 4.90 Å². The van der Waals surface area contributed by atoms with Gasteiger partial charge in [0.1, 0.15) is 6.04 Å². The summed E-state index contributed by atoms with van der Waals surface area (Å²) in [6, 6.07) is -0.633. The molecule has 1 rings (SSSR count). The molecule has 0 bridgehead atoms. The molecule has 0 saturated carbocycles. The second-order valence-electron chi connectivity index (χ2n) is 2.43. The number of carbonyl (C=O) groups excluding carboxylic acids is 1. The summed E-state index contributed by atoms with van der Waals surface area (Å²) in [5.74, 6) is -1.23. The number of nitrogens with two attached hydrogens (primary N) is 1. The van der Waals surface area contributed by atoms with Crippen LogP contribution >= 0.6 is 0 Å². The third-order valence-corrected chi connectivity index (χ3v) is 1.80. The van der Waals surface area contributed by atoms with Crippen LogP contribution in [0.15, 0.2) is 0 Å². The van der Waals surface area contributed by atoms with Gasteiger partial charge < -0.3 is 15.7 Å². The summed E-state index contributed by atoms with van der Waals surface area (Å²) in [7, 11) is 0. The molecule has 62 valence electrons. The molecule has 1 aliphatic rings. The van der Waals surface area contributed by atoms with Gasteiger partial charge in [0.15, 0.2) is 0 Å². The summed E-state index contributed by atoms with van der Waals surface area (Å²) >= 11 is 0. The Morgan fingerprint density at radius 3 is 2.55 bits per heavy atom. The van der Waals surface area contributed by atoms with E-state index in [0.29, 0.717) is 13.0 Å². The van der Waals surface area contributed by atoms with Gasteiger partial charge in [0.05, 0.1) is 6.54 Å². The van der Waals surface area contributed by atoms with Crippen molar-refractivity contribution in [2.75, 3.05) is 13.1 Å². The van der Waals surface area contributed by atoms with Crippen LogP contribution in [0.2, 0.25) is 0 Å². The maximum atomic E-state index is 10.8. The minimum atomic E-state index is -0.946. The Bertz CT molecular complexity index is 192. The van der Waals surface area contributed by atoms with Gasteiger partial charge in [-0.25, -0.2) is 4.79 Å². The van der Waals surface area contributed by atoms with Crippen LogP contribution in [0.1, 0.15) is 6.42 Å². The summed E-state index contributed by atoms with van der Waals surface area (Å²) in [6.07, 6.45) is 0.543. The first kappa shape index (κ1) is 8.00. The lowest BCUT2D eigenvalue weighted by Gasteiger charge is -2.37. The Morgan fingerprint density at radius 2 is 2.27 bits per heavy atom. The van der Waals surface area contributed by atoms with Crippen molar-refractivity contribution in [2.24, 2.45) is 5.73 Å². The largest absolute Gasteiger partial charge is 0.480 e. The molecule has 11 heavy (non-hydrogen) atoms. The minimum Gasteiger partial charge on any atom is -0.480 e. The van der Waals surface area contributed by atoms with Gasteiger partial charge in [-0.1, -0.05) is 0 Å². The SMILES string of the molecule is NCC(=O)N1CCC1C(=O)O. The summed E-state index contributed by atoms with van der Waals surface area (Å²) in [6.45, 7) is 0.413. The number of likely N-dealkylation sites (tertiary alicyclic amines) is 1. The highest BCUT2D eigenvalue weighted by Gasteiger charge is 2.36. The summed E-state index contributed by atoms with van der Waals surface area (Å²) in [5, 5.41) is 8.51. The van der Waals surface area contributed by atoms with E-state index in [1.165, 1.54) is 4.90 Å². The molecule has 5 heteroatoms. The molecule has 3 N–H and O–H groups in total. The molecule has 0 aliphatic carbocycles. The number of hydrogen-bond donors (Lipinski definition) is 2. The number of nitrogens with zero attached hydrogens (tertiary/aromatic N) is 1. The zero-order valence-corrected chi connectivity index (χ0v) is 5.99. The predicted octanol–water partition coefficient (Wildman–Crippen LogP) is -1.37. The van der Waals surface area contributed by atoms with E-state index < -0.39 is 12.0 Å². The first-order valence-electron chi connectivity index (χ1n) is 3.39. The number of carbonyl (C=O) groups is 2. The fourth-order valence-electron chi connectivity index (χ4n) is 1.06. The van der Waals surface area contributed by atoms with Gasteiger partial charge in [0.2, 0.25) is 5.91 Å². The van der Waals surface area contributed by atoms with Crippen LogP contribution in [-0.4, -0.2) is 41.0 Å². The van der Waals surface area contributed by atoms with E-state index >= 15 is 0 Å². The van der Waals surface area contributed by atoms with Crippen molar-refractivity contribution >= 4 is 11.9 Å². The van der Waals surface area contributed by atoms with E-state index in [1.54, 1.807) is 0 Å². The Morgan fingerprint density at radius 1 is 1.64 bits per heavy atom. The number of rotatable bonds is 2. The van der Waals surface area contributed by atoms with Crippen LogP contribution in [0.3, 0.4) is 0 Å². The second kappa shape index (κ2) is 2.87. The zero-order valence-electron chi connectivity index (χ0n) is 5.99. The van der Waals surface area contributed by atoms with Crippen LogP contribution in [0.5, 0.6) is 0 Å². The zero-order chi connectivity index (χ0) is 8.43. The van der Waals surface area contributed by atoms with Crippen molar-refractivity contribution in [3.8, 4) is 0 Å².